The van der Waals surface area contributed by atoms with Gasteiger partial charge in [-0.15, -0.1) is 0 Å². The van der Waals surface area contributed by atoms with Crippen molar-refractivity contribution in [3.05, 3.63) is 35.5 Å². The second-order valence-corrected chi connectivity index (χ2v) is 4.74. The maximum Gasteiger partial charge on any atom is 0.180 e. The first kappa shape index (κ1) is 14.5. The second-order valence-electron chi connectivity index (χ2n) is 4.74. The Hall–Kier alpha value is -1.88. The Morgan fingerprint density at radius 3 is 2.45 bits per heavy atom. The lowest BCUT2D eigenvalue weighted by molar-refractivity contribution is 0.667. The minimum absolute atomic E-state index is 0.656. The van der Waals surface area contributed by atoms with Gasteiger partial charge < -0.3 is 5.32 Å². The Morgan fingerprint density at radius 1 is 1.10 bits per heavy atom. The van der Waals surface area contributed by atoms with E-state index in [0.29, 0.717) is 5.82 Å². The van der Waals surface area contributed by atoms with E-state index < -0.39 is 0 Å². The highest BCUT2D eigenvalue weighted by Crippen LogP contribution is 2.17. The Morgan fingerprint density at radius 2 is 1.85 bits per heavy atom. The van der Waals surface area contributed by atoms with Gasteiger partial charge in [-0.3, -0.25) is 4.98 Å². The normalized spacial score (nSPS) is 10.8. The third-order valence-corrected chi connectivity index (χ3v) is 3.24. The van der Waals surface area contributed by atoms with E-state index in [1.54, 1.807) is 18.6 Å². The van der Waals surface area contributed by atoms with Gasteiger partial charge in [0.05, 0.1) is 6.20 Å². The SMILES string of the molecule is CCNCCCc1c(C)nc(-c2cnccn2)nc1C. The van der Waals surface area contributed by atoms with Gasteiger partial charge in [-0.1, -0.05) is 6.92 Å². The Bertz CT molecular complexity index is 530. The number of nitrogens with zero attached hydrogens (tertiary/aromatic N) is 4. The second kappa shape index (κ2) is 7.05. The topological polar surface area (TPSA) is 63.6 Å². The van der Waals surface area contributed by atoms with Crippen molar-refractivity contribution in [2.45, 2.75) is 33.6 Å². The summed E-state index contributed by atoms with van der Waals surface area (Å²) in [6.07, 6.45) is 7.11. The van der Waals surface area contributed by atoms with Crippen LogP contribution in [0.5, 0.6) is 0 Å². The van der Waals surface area contributed by atoms with E-state index in [1.165, 1.54) is 5.56 Å². The van der Waals surface area contributed by atoms with Crippen molar-refractivity contribution in [1.82, 2.24) is 25.3 Å². The highest BCUT2D eigenvalue weighted by atomic mass is 14.9. The Kier molecular flexibility index (Phi) is 5.12. The molecule has 0 bridgehead atoms. The highest BCUT2D eigenvalue weighted by Gasteiger charge is 2.10. The molecule has 0 saturated heterocycles. The first-order valence-corrected chi connectivity index (χ1v) is 7.03. The Labute approximate surface area is 119 Å². The zero-order chi connectivity index (χ0) is 14.4. The average molecular weight is 271 g/mol. The van der Waals surface area contributed by atoms with Crippen LogP contribution in [0.25, 0.3) is 11.5 Å². The van der Waals surface area contributed by atoms with E-state index in [-0.39, 0.29) is 0 Å². The summed E-state index contributed by atoms with van der Waals surface area (Å²) in [7, 11) is 0. The van der Waals surface area contributed by atoms with Crippen LogP contribution in [0.15, 0.2) is 18.6 Å². The van der Waals surface area contributed by atoms with Crippen LogP contribution in [-0.4, -0.2) is 33.0 Å². The summed E-state index contributed by atoms with van der Waals surface area (Å²) < 4.78 is 0. The third-order valence-electron chi connectivity index (χ3n) is 3.24. The Balaban J connectivity index is 2.17. The van der Waals surface area contributed by atoms with E-state index in [1.807, 2.05) is 13.8 Å². The standard InChI is InChI=1S/C15H21N5/c1-4-16-7-5-6-13-11(2)19-15(20-12(13)3)14-10-17-8-9-18-14/h8-10,16H,4-7H2,1-3H3. The number of rotatable bonds is 6. The van der Waals surface area contributed by atoms with Crippen LogP contribution in [0.1, 0.15) is 30.3 Å². The van der Waals surface area contributed by atoms with Gasteiger partial charge in [0.15, 0.2) is 5.82 Å². The zero-order valence-corrected chi connectivity index (χ0v) is 12.3. The van der Waals surface area contributed by atoms with Gasteiger partial charge in [0, 0.05) is 23.8 Å². The summed E-state index contributed by atoms with van der Waals surface area (Å²) in [5.74, 6) is 0.656. The molecule has 0 spiro atoms. The van der Waals surface area contributed by atoms with Crippen molar-refractivity contribution >= 4 is 0 Å². The molecule has 2 aromatic heterocycles. The molecule has 20 heavy (non-hydrogen) atoms. The molecule has 0 saturated carbocycles. The first-order valence-electron chi connectivity index (χ1n) is 7.03. The molecule has 0 aromatic carbocycles. The van der Waals surface area contributed by atoms with Crippen molar-refractivity contribution in [2.75, 3.05) is 13.1 Å². The average Bonchev–Trinajstić information content (AvgIpc) is 2.46. The molecule has 5 heteroatoms. The fourth-order valence-corrected chi connectivity index (χ4v) is 2.20. The van der Waals surface area contributed by atoms with Gasteiger partial charge >= 0.3 is 0 Å². The molecule has 2 heterocycles. The third kappa shape index (κ3) is 3.57. The molecule has 2 aromatic rings. The summed E-state index contributed by atoms with van der Waals surface area (Å²) in [5.41, 5.74) is 4.04. The molecule has 2 rings (SSSR count). The molecule has 0 unspecified atom stereocenters. The molecule has 0 amide bonds. The smallest absolute Gasteiger partial charge is 0.180 e. The summed E-state index contributed by atoms with van der Waals surface area (Å²) in [6.45, 7) is 8.24. The molecule has 0 aliphatic rings. The van der Waals surface area contributed by atoms with Crippen molar-refractivity contribution in [2.24, 2.45) is 0 Å². The minimum atomic E-state index is 0.656. The van der Waals surface area contributed by atoms with Crippen LogP contribution >= 0.6 is 0 Å². The molecule has 0 aliphatic carbocycles. The number of aryl methyl sites for hydroxylation is 2. The van der Waals surface area contributed by atoms with Crippen LogP contribution in [0.2, 0.25) is 0 Å². The van der Waals surface area contributed by atoms with Gasteiger partial charge in [0.1, 0.15) is 5.69 Å². The number of aromatic nitrogens is 4. The fourth-order valence-electron chi connectivity index (χ4n) is 2.20. The summed E-state index contributed by atoms with van der Waals surface area (Å²) in [5, 5.41) is 3.34. The largest absolute Gasteiger partial charge is 0.317 e. The van der Waals surface area contributed by atoms with Crippen LogP contribution in [-0.2, 0) is 6.42 Å². The van der Waals surface area contributed by atoms with Crippen molar-refractivity contribution in [3.63, 3.8) is 0 Å². The van der Waals surface area contributed by atoms with Crippen LogP contribution in [0.3, 0.4) is 0 Å². The van der Waals surface area contributed by atoms with E-state index in [9.17, 15) is 0 Å². The molecule has 0 atom stereocenters. The van der Waals surface area contributed by atoms with Gasteiger partial charge in [0.25, 0.3) is 0 Å². The monoisotopic (exact) mass is 271 g/mol. The van der Waals surface area contributed by atoms with Crippen molar-refractivity contribution in [3.8, 4) is 11.5 Å². The number of nitrogens with one attached hydrogen (secondary N) is 1. The molecule has 0 fully saturated rings. The lowest BCUT2D eigenvalue weighted by Gasteiger charge is -2.10. The van der Waals surface area contributed by atoms with E-state index in [4.69, 9.17) is 0 Å². The van der Waals surface area contributed by atoms with Gasteiger partial charge in [0.2, 0.25) is 0 Å². The van der Waals surface area contributed by atoms with Crippen LogP contribution in [0, 0.1) is 13.8 Å². The predicted molar refractivity (Wildman–Crippen MR) is 79.4 cm³/mol. The molecular weight excluding hydrogens is 250 g/mol. The van der Waals surface area contributed by atoms with E-state index in [0.717, 1.165) is 43.0 Å². The lowest BCUT2D eigenvalue weighted by atomic mass is 10.1. The first-order chi connectivity index (χ1) is 9.72. The van der Waals surface area contributed by atoms with Crippen LogP contribution < -0.4 is 5.32 Å². The maximum atomic E-state index is 4.57. The van der Waals surface area contributed by atoms with Gasteiger partial charge in [-0.2, -0.15) is 0 Å². The minimum Gasteiger partial charge on any atom is -0.317 e. The van der Waals surface area contributed by atoms with E-state index >= 15 is 0 Å². The highest BCUT2D eigenvalue weighted by molar-refractivity contribution is 5.48. The molecule has 1 N–H and O–H groups in total. The molecule has 0 aliphatic heterocycles. The summed E-state index contributed by atoms with van der Waals surface area (Å²) in [4.78, 5) is 17.5. The maximum absolute atomic E-state index is 4.57. The summed E-state index contributed by atoms with van der Waals surface area (Å²) in [6, 6.07) is 0. The van der Waals surface area contributed by atoms with Gasteiger partial charge in [-0.25, -0.2) is 15.0 Å². The summed E-state index contributed by atoms with van der Waals surface area (Å²) >= 11 is 0. The number of hydrogen-bond acceptors (Lipinski definition) is 5. The zero-order valence-electron chi connectivity index (χ0n) is 12.3. The lowest BCUT2D eigenvalue weighted by Crippen LogP contribution is -2.15. The molecular formula is C15H21N5. The van der Waals surface area contributed by atoms with Gasteiger partial charge in [-0.05, 0) is 45.3 Å². The van der Waals surface area contributed by atoms with Crippen molar-refractivity contribution in [1.29, 1.82) is 0 Å². The van der Waals surface area contributed by atoms with Crippen LogP contribution in [0.4, 0.5) is 0 Å². The number of hydrogen-bond donors (Lipinski definition) is 1. The van der Waals surface area contributed by atoms with E-state index in [2.05, 4.69) is 32.2 Å². The molecule has 0 radical (unpaired) electrons. The van der Waals surface area contributed by atoms with Crippen molar-refractivity contribution < 1.29 is 0 Å². The molecule has 106 valence electrons. The quantitative estimate of drug-likeness (QED) is 0.815. The predicted octanol–water partition coefficient (Wildman–Crippen LogP) is 2.09. The fraction of sp³-hybridized carbons (Fsp3) is 0.467. The molecule has 5 nitrogen and oxygen atoms in total.